The number of oxazole rings is 1. The highest BCUT2D eigenvalue weighted by Gasteiger charge is 2.32. The fraction of sp³-hybridized carbons (Fsp3) is 0.364. The normalized spacial score (nSPS) is 18.9. The van der Waals surface area contributed by atoms with Crippen LogP contribution in [0.3, 0.4) is 0 Å². The Hall–Kier alpha value is -2.42. The van der Waals surface area contributed by atoms with E-state index in [9.17, 15) is 13.2 Å². The Kier molecular flexibility index (Phi) is 5.24. The first-order valence-corrected chi connectivity index (χ1v) is 12.2. The number of fused-ring (bicyclic) bond motifs is 1. The highest BCUT2D eigenvalue weighted by atomic mass is 35.5. The third-order valence-corrected chi connectivity index (χ3v) is 8.18. The Morgan fingerprint density at radius 3 is 2.45 bits per heavy atom. The summed E-state index contributed by atoms with van der Waals surface area (Å²) in [7, 11) is -3.59. The van der Waals surface area contributed by atoms with Crippen molar-refractivity contribution >= 4 is 44.3 Å². The van der Waals surface area contributed by atoms with Gasteiger partial charge in [-0.3, -0.25) is 4.79 Å². The first-order chi connectivity index (χ1) is 14.9. The summed E-state index contributed by atoms with van der Waals surface area (Å²) in [5.74, 6) is 0.786. The average Bonchev–Trinajstić information content (AvgIpc) is 3.39. The third kappa shape index (κ3) is 3.84. The summed E-state index contributed by atoms with van der Waals surface area (Å²) >= 11 is 6.02. The quantitative estimate of drug-likeness (QED) is 0.584. The average molecular weight is 460 g/mol. The van der Waals surface area contributed by atoms with Crippen molar-refractivity contribution in [3.63, 3.8) is 0 Å². The van der Waals surface area contributed by atoms with E-state index in [2.05, 4.69) is 4.98 Å². The molecular formula is C22H22ClN3O4S. The molecule has 5 rings (SSSR count). The summed E-state index contributed by atoms with van der Waals surface area (Å²) in [6.07, 6.45) is 2.66. The number of amides is 1. The van der Waals surface area contributed by atoms with Crippen LogP contribution in [0.25, 0.3) is 11.1 Å². The molecule has 2 fully saturated rings. The number of nitrogens with zero attached hydrogens (tertiary/aromatic N) is 3. The molecule has 0 bridgehead atoms. The lowest BCUT2D eigenvalue weighted by molar-refractivity contribution is -0.117. The molecule has 0 saturated carbocycles. The molecule has 1 aromatic heterocycles. The van der Waals surface area contributed by atoms with Gasteiger partial charge in [0.25, 0.3) is 0 Å². The van der Waals surface area contributed by atoms with Crippen LogP contribution in [0, 0.1) is 0 Å². The lowest BCUT2D eigenvalue weighted by atomic mass is 9.98. The number of carbonyl (C=O) groups excluding carboxylic acids is 1. The van der Waals surface area contributed by atoms with Gasteiger partial charge in [0, 0.05) is 42.7 Å². The van der Waals surface area contributed by atoms with Gasteiger partial charge in [0.05, 0.1) is 4.90 Å². The van der Waals surface area contributed by atoms with Gasteiger partial charge in [-0.25, -0.2) is 13.4 Å². The summed E-state index contributed by atoms with van der Waals surface area (Å²) in [5, 5.41) is 0.605. The molecule has 2 saturated heterocycles. The molecule has 0 atom stereocenters. The number of rotatable bonds is 4. The zero-order valence-electron chi connectivity index (χ0n) is 16.8. The van der Waals surface area contributed by atoms with E-state index < -0.39 is 10.0 Å². The molecule has 3 heterocycles. The van der Waals surface area contributed by atoms with Crippen LogP contribution < -0.4 is 4.90 Å². The molecule has 9 heteroatoms. The van der Waals surface area contributed by atoms with E-state index in [1.807, 2.05) is 0 Å². The van der Waals surface area contributed by atoms with Crippen molar-refractivity contribution in [2.24, 2.45) is 0 Å². The summed E-state index contributed by atoms with van der Waals surface area (Å²) in [6.45, 7) is 1.48. The number of hydrogen-bond acceptors (Lipinski definition) is 5. The Bertz CT molecular complexity index is 1230. The monoisotopic (exact) mass is 459 g/mol. The molecule has 2 aliphatic heterocycles. The van der Waals surface area contributed by atoms with Gasteiger partial charge in [0.2, 0.25) is 15.9 Å². The smallest absolute Gasteiger partial charge is 0.243 e. The number of hydrogen-bond donors (Lipinski definition) is 0. The van der Waals surface area contributed by atoms with E-state index in [1.165, 1.54) is 4.31 Å². The lowest BCUT2D eigenvalue weighted by Gasteiger charge is -2.30. The maximum absolute atomic E-state index is 13.1. The van der Waals surface area contributed by atoms with Crippen LogP contribution in [0.15, 0.2) is 51.8 Å². The van der Waals surface area contributed by atoms with Crippen molar-refractivity contribution in [1.82, 2.24) is 9.29 Å². The van der Waals surface area contributed by atoms with Gasteiger partial charge in [-0.1, -0.05) is 11.6 Å². The first kappa shape index (κ1) is 20.5. The zero-order valence-corrected chi connectivity index (χ0v) is 18.4. The molecule has 3 aromatic rings. The van der Waals surface area contributed by atoms with Crippen LogP contribution in [0.1, 0.15) is 37.5 Å². The molecule has 0 N–H and O–H groups in total. The second-order valence-corrected chi connectivity index (χ2v) is 10.4. The molecule has 0 aliphatic carbocycles. The first-order valence-electron chi connectivity index (χ1n) is 10.4. The van der Waals surface area contributed by atoms with E-state index in [-0.39, 0.29) is 16.7 Å². The van der Waals surface area contributed by atoms with Crippen LogP contribution >= 0.6 is 11.6 Å². The van der Waals surface area contributed by atoms with Crippen LogP contribution in [0.2, 0.25) is 5.02 Å². The number of aromatic nitrogens is 1. The second-order valence-electron chi connectivity index (χ2n) is 7.99. The second kappa shape index (κ2) is 7.93. The maximum atomic E-state index is 13.1. The molecule has 2 aromatic carbocycles. The topological polar surface area (TPSA) is 83.7 Å². The van der Waals surface area contributed by atoms with Gasteiger partial charge < -0.3 is 9.32 Å². The molecule has 0 unspecified atom stereocenters. The van der Waals surface area contributed by atoms with Crippen LogP contribution in [0.5, 0.6) is 0 Å². The van der Waals surface area contributed by atoms with Crippen LogP contribution in [-0.2, 0) is 14.8 Å². The molecule has 0 spiro atoms. The lowest BCUT2D eigenvalue weighted by Crippen LogP contribution is -2.38. The molecule has 162 valence electrons. The summed E-state index contributed by atoms with van der Waals surface area (Å²) in [6, 6.07) is 11.9. The van der Waals surface area contributed by atoms with E-state index in [0.717, 1.165) is 12.1 Å². The van der Waals surface area contributed by atoms with Crippen molar-refractivity contribution in [3.8, 4) is 0 Å². The van der Waals surface area contributed by atoms with Crippen LogP contribution in [-0.4, -0.2) is 43.2 Å². The molecular weight excluding hydrogens is 438 g/mol. The van der Waals surface area contributed by atoms with E-state index >= 15 is 0 Å². The molecule has 1 amide bonds. The van der Waals surface area contributed by atoms with Gasteiger partial charge in [-0.05, 0) is 61.7 Å². The summed E-state index contributed by atoms with van der Waals surface area (Å²) < 4.78 is 33.6. The number of piperidine rings is 1. The standard InChI is InChI=1S/C22H22ClN3O4S/c23-16-3-8-20-19(14-16)24-22(30-20)15-9-12-25(13-10-15)31(28,29)18-6-4-17(5-7-18)26-11-1-2-21(26)27/h3-8,14-15H,1-2,9-13H2. The van der Waals surface area contributed by atoms with E-state index in [1.54, 1.807) is 47.4 Å². The SMILES string of the molecule is O=C1CCCN1c1ccc(S(=O)(=O)N2CCC(c3nc4cc(Cl)ccc4o3)CC2)cc1. The fourth-order valence-electron chi connectivity index (χ4n) is 4.30. The minimum atomic E-state index is -3.59. The number of sulfonamides is 1. The number of halogens is 1. The summed E-state index contributed by atoms with van der Waals surface area (Å²) in [4.78, 5) is 18.4. The van der Waals surface area contributed by atoms with Gasteiger partial charge in [0.1, 0.15) is 5.52 Å². The third-order valence-electron chi connectivity index (χ3n) is 6.03. The van der Waals surface area contributed by atoms with Crippen molar-refractivity contribution in [2.75, 3.05) is 24.5 Å². The largest absolute Gasteiger partial charge is 0.440 e. The van der Waals surface area contributed by atoms with E-state index in [0.29, 0.717) is 60.9 Å². The molecule has 7 nitrogen and oxygen atoms in total. The summed E-state index contributed by atoms with van der Waals surface area (Å²) in [5.41, 5.74) is 2.15. The maximum Gasteiger partial charge on any atom is 0.243 e. The van der Waals surface area contributed by atoms with Crippen molar-refractivity contribution in [2.45, 2.75) is 36.5 Å². The van der Waals surface area contributed by atoms with Gasteiger partial charge in [-0.15, -0.1) is 0 Å². The predicted molar refractivity (Wildman–Crippen MR) is 118 cm³/mol. The van der Waals surface area contributed by atoms with Crippen molar-refractivity contribution in [3.05, 3.63) is 53.4 Å². The van der Waals surface area contributed by atoms with Crippen molar-refractivity contribution in [1.29, 1.82) is 0 Å². The number of carbonyl (C=O) groups is 1. The van der Waals surface area contributed by atoms with Gasteiger partial charge in [0.15, 0.2) is 11.5 Å². The van der Waals surface area contributed by atoms with Gasteiger partial charge in [-0.2, -0.15) is 4.31 Å². The van der Waals surface area contributed by atoms with Gasteiger partial charge >= 0.3 is 0 Å². The van der Waals surface area contributed by atoms with E-state index in [4.69, 9.17) is 16.0 Å². The van der Waals surface area contributed by atoms with Crippen LogP contribution in [0.4, 0.5) is 5.69 Å². The Morgan fingerprint density at radius 1 is 1.03 bits per heavy atom. The Balaban J connectivity index is 1.28. The minimum absolute atomic E-state index is 0.0705. The highest BCUT2D eigenvalue weighted by Crippen LogP contribution is 2.33. The molecule has 31 heavy (non-hydrogen) atoms. The Morgan fingerprint density at radius 2 is 1.77 bits per heavy atom. The zero-order chi connectivity index (χ0) is 21.6. The molecule has 0 radical (unpaired) electrons. The number of benzene rings is 2. The Labute approximate surface area is 185 Å². The fourth-order valence-corrected chi connectivity index (χ4v) is 5.94. The predicted octanol–water partition coefficient (Wildman–Crippen LogP) is 4.18. The van der Waals surface area contributed by atoms with Crippen molar-refractivity contribution < 1.29 is 17.6 Å². The minimum Gasteiger partial charge on any atom is -0.440 e. The molecule has 2 aliphatic rings. The number of anilines is 1. The highest BCUT2D eigenvalue weighted by molar-refractivity contribution is 7.89.